The average Bonchev–Trinajstić information content (AvgIpc) is 2.49. The van der Waals surface area contributed by atoms with Gasteiger partial charge in [0.1, 0.15) is 0 Å². The van der Waals surface area contributed by atoms with E-state index in [1.807, 2.05) is 0 Å². The summed E-state index contributed by atoms with van der Waals surface area (Å²) in [5.41, 5.74) is 2.90. The standard InChI is InChI=1S/C17H25NO/c1-18-16(14-8-3-2-4-9-14)17-15-10-6-5-7-13(15)11-12-19-17/h5-7,10,14,16-18H,2-4,8-9,11-12H2,1H3. The van der Waals surface area contributed by atoms with Gasteiger partial charge in [-0.25, -0.2) is 0 Å². The van der Waals surface area contributed by atoms with E-state index in [1.165, 1.54) is 43.2 Å². The summed E-state index contributed by atoms with van der Waals surface area (Å²) < 4.78 is 6.15. The minimum Gasteiger partial charge on any atom is -0.372 e. The highest BCUT2D eigenvalue weighted by molar-refractivity contribution is 5.32. The fourth-order valence-corrected chi connectivity index (χ4v) is 3.85. The van der Waals surface area contributed by atoms with Crippen molar-refractivity contribution in [2.45, 2.75) is 50.7 Å². The van der Waals surface area contributed by atoms with Gasteiger partial charge in [0.05, 0.1) is 12.7 Å². The van der Waals surface area contributed by atoms with Gasteiger partial charge >= 0.3 is 0 Å². The van der Waals surface area contributed by atoms with Crippen LogP contribution in [0, 0.1) is 5.92 Å². The van der Waals surface area contributed by atoms with Gasteiger partial charge in [0.2, 0.25) is 0 Å². The van der Waals surface area contributed by atoms with Gasteiger partial charge in [0.15, 0.2) is 0 Å². The molecule has 2 heteroatoms. The van der Waals surface area contributed by atoms with E-state index < -0.39 is 0 Å². The largest absolute Gasteiger partial charge is 0.372 e. The molecule has 1 aliphatic carbocycles. The lowest BCUT2D eigenvalue weighted by Crippen LogP contribution is -2.42. The van der Waals surface area contributed by atoms with E-state index in [0.29, 0.717) is 6.04 Å². The van der Waals surface area contributed by atoms with Gasteiger partial charge in [0.25, 0.3) is 0 Å². The summed E-state index contributed by atoms with van der Waals surface area (Å²) >= 11 is 0. The first-order valence-corrected chi connectivity index (χ1v) is 7.77. The van der Waals surface area contributed by atoms with Gasteiger partial charge in [-0.05, 0) is 43.4 Å². The Labute approximate surface area is 116 Å². The third kappa shape index (κ3) is 2.70. The highest BCUT2D eigenvalue weighted by atomic mass is 16.5. The molecular weight excluding hydrogens is 234 g/mol. The van der Waals surface area contributed by atoms with Crippen molar-refractivity contribution in [1.82, 2.24) is 5.32 Å². The Balaban J connectivity index is 1.83. The van der Waals surface area contributed by atoms with Crippen LogP contribution in [0.4, 0.5) is 0 Å². The molecule has 0 amide bonds. The van der Waals surface area contributed by atoms with E-state index in [1.54, 1.807) is 0 Å². The van der Waals surface area contributed by atoms with Crippen molar-refractivity contribution in [1.29, 1.82) is 0 Å². The Morgan fingerprint density at radius 3 is 2.74 bits per heavy atom. The van der Waals surface area contributed by atoms with Crippen LogP contribution >= 0.6 is 0 Å². The van der Waals surface area contributed by atoms with Gasteiger partial charge < -0.3 is 10.1 Å². The van der Waals surface area contributed by atoms with E-state index in [9.17, 15) is 0 Å². The molecule has 1 saturated carbocycles. The van der Waals surface area contributed by atoms with Crippen molar-refractivity contribution < 1.29 is 4.74 Å². The number of hydrogen-bond acceptors (Lipinski definition) is 2. The summed E-state index contributed by atoms with van der Waals surface area (Å²) in [7, 11) is 2.10. The molecule has 2 aliphatic rings. The number of benzene rings is 1. The summed E-state index contributed by atoms with van der Waals surface area (Å²) in [5.74, 6) is 0.773. The Hall–Kier alpha value is -0.860. The summed E-state index contributed by atoms with van der Waals surface area (Å²) in [6, 6.07) is 9.29. The highest BCUT2D eigenvalue weighted by Crippen LogP contribution is 2.37. The molecule has 104 valence electrons. The molecule has 1 fully saturated rings. The second-order valence-electron chi connectivity index (χ2n) is 5.95. The van der Waals surface area contributed by atoms with Crippen LogP contribution in [-0.2, 0) is 11.2 Å². The Morgan fingerprint density at radius 2 is 1.95 bits per heavy atom. The predicted molar refractivity (Wildman–Crippen MR) is 78.3 cm³/mol. The monoisotopic (exact) mass is 259 g/mol. The van der Waals surface area contributed by atoms with Crippen molar-refractivity contribution in [2.75, 3.05) is 13.7 Å². The van der Waals surface area contributed by atoms with Crippen LogP contribution in [0.3, 0.4) is 0 Å². The molecule has 2 nitrogen and oxygen atoms in total. The van der Waals surface area contributed by atoms with Crippen molar-refractivity contribution in [3.05, 3.63) is 35.4 Å². The first-order chi connectivity index (χ1) is 9.40. The molecule has 2 unspecified atom stereocenters. The molecule has 1 N–H and O–H groups in total. The fourth-order valence-electron chi connectivity index (χ4n) is 3.85. The van der Waals surface area contributed by atoms with Gasteiger partial charge in [-0.3, -0.25) is 0 Å². The second kappa shape index (κ2) is 6.06. The summed E-state index contributed by atoms with van der Waals surface area (Å²) in [5, 5.41) is 3.56. The number of likely N-dealkylation sites (N-methyl/N-ethyl adjacent to an activating group) is 1. The maximum Gasteiger partial charge on any atom is 0.0983 e. The number of hydrogen-bond donors (Lipinski definition) is 1. The van der Waals surface area contributed by atoms with Crippen molar-refractivity contribution >= 4 is 0 Å². The minimum atomic E-state index is 0.248. The molecule has 1 aliphatic heterocycles. The molecule has 0 aromatic heterocycles. The zero-order valence-electron chi connectivity index (χ0n) is 11.9. The van der Waals surface area contributed by atoms with E-state index in [-0.39, 0.29) is 6.10 Å². The second-order valence-corrected chi connectivity index (χ2v) is 5.95. The zero-order valence-corrected chi connectivity index (χ0v) is 11.9. The summed E-state index contributed by atoms with van der Waals surface area (Å²) in [6.45, 7) is 0.868. The average molecular weight is 259 g/mol. The SMILES string of the molecule is CNC(C1CCCCC1)C1OCCc2ccccc21. The Bertz CT molecular complexity index is 411. The maximum absolute atomic E-state index is 6.15. The third-order valence-corrected chi connectivity index (χ3v) is 4.85. The van der Waals surface area contributed by atoms with Crippen LogP contribution in [0.1, 0.15) is 49.3 Å². The van der Waals surface area contributed by atoms with Crippen LogP contribution in [0.15, 0.2) is 24.3 Å². The molecular formula is C17H25NO. The van der Waals surface area contributed by atoms with E-state index in [4.69, 9.17) is 4.74 Å². The fraction of sp³-hybridized carbons (Fsp3) is 0.647. The molecule has 1 aromatic carbocycles. The molecule has 0 saturated heterocycles. The smallest absolute Gasteiger partial charge is 0.0983 e. The maximum atomic E-state index is 6.15. The lowest BCUT2D eigenvalue weighted by Gasteiger charge is -2.38. The van der Waals surface area contributed by atoms with Crippen LogP contribution in [0.25, 0.3) is 0 Å². The summed E-state index contributed by atoms with van der Waals surface area (Å²) in [4.78, 5) is 0. The zero-order chi connectivity index (χ0) is 13.1. The molecule has 19 heavy (non-hydrogen) atoms. The van der Waals surface area contributed by atoms with Crippen molar-refractivity contribution in [2.24, 2.45) is 5.92 Å². The quantitative estimate of drug-likeness (QED) is 0.897. The van der Waals surface area contributed by atoms with Gasteiger partial charge in [-0.1, -0.05) is 43.5 Å². The van der Waals surface area contributed by atoms with Gasteiger partial charge in [-0.15, -0.1) is 0 Å². The van der Waals surface area contributed by atoms with Crippen molar-refractivity contribution in [3.8, 4) is 0 Å². The van der Waals surface area contributed by atoms with E-state index in [2.05, 4.69) is 36.6 Å². The minimum absolute atomic E-state index is 0.248. The number of ether oxygens (including phenoxy) is 1. The van der Waals surface area contributed by atoms with Crippen LogP contribution < -0.4 is 5.32 Å². The van der Waals surface area contributed by atoms with E-state index >= 15 is 0 Å². The molecule has 1 heterocycles. The van der Waals surface area contributed by atoms with Gasteiger partial charge in [-0.2, -0.15) is 0 Å². The van der Waals surface area contributed by atoms with Crippen LogP contribution in [-0.4, -0.2) is 19.7 Å². The molecule has 0 spiro atoms. The van der Waals surface area contributed by atoms with Crippen LogP contribution in [0.2, 0.25) is 0 Å². The number of fused-ring (bicyclic) bond motifs is 1. The van der Waals surface area contributed by atoms with Gasteiger partial charge in [0, 0.05) is 6.04 Å². The molecule has 1 aromatic rings. The lowest BCUT2D eigenvalue weighted by molar-refractivity contribution is -0.00333. The third-order valence-electron chi connectivity index (χ3n) is 4.85. The molecule has 0 radical (unpaired) electrons. The Morgan fingerprint density at radius 1 is 1.16 bits per heavy atom. The molecule has 2 atom stereocenters. The normalized spacial score (nSPS) is 25.8. The first-order valence-electron chi connectivity index (χ1n) is 7.77. The topological polar surface area (TPSA) is 21.3 Å². The first kappa shape index (κ1) is 13.1. The predicted octanol–water partition coefficient (Wildman–Crippen LogP) is 3.47. The highest BCUT2D eigenvalue weighted by Gasteiger charge is 2.33. The number of rotatable bonds is 3. The summed E-state index contributed by atoms with van der Waals surface area (Å²) in [6.07, 6.45) is 8.20. The molecule has 0 bridgehead atoms. The van der Waals surface area contributed by atoms with Crippen molar-refractivity contribution in [3.63, 3.8) is 0 Å². The van der Waals surface area contributed by atoms with E-state index in [0.717, 1.165) is 18.9 Å². The van der Waals surface area contributed by atoms with Crippen LogP contribution in [0.5, 0.6) is 0 Å². The Kier molecular flexibility index (Phi) is 4.19. The molecule has 3 rings (SSSR count). The lowest BCUT2D eigenvalue weighted by atomic mass is 9.79. The number of nitrogens with one attached hydrogen (secondary N) is 1.